The zero-order valence-electron chi connectivity index (χ0n) is 11.2. The Morgan fingerprint density at radius 1 is 1.53 bits per heavy atom. The Morgan fingerprint density at radius 2 is 2.29 bits per heavy atom. The van der Waals surface area contributed by atoms with Gasteiger partial charge in [-0.25, -0.2) is 4.98 Å². The molecule has 17 heavy (non-hydrogen) atoms. The average Bonchev–Trinajstić information content (AvgIpc) is 2.81. The van der Waals surface area contributed by atoms with Crippen molar-refractivity contribution in [3.05, 3.63) is 11.1 Å². The Bertz CT molecular complexity index is 363. The highest BCUT2D eigenvalue weighted by Gasteiger charge is 2.26. The van der Waals surface area contributed by atoms with Crippen molar-refractivity contribution in [1.82, 2.24) is 10.3 Å². The molecule has 3 unspecified atom stereocenters. The molecule has 1 N–H and O–H groups in total. The minimum Gasteiger partial charge on any atom is -0.345 e. The van der Waals surface area contributed by atoms with Crippen LogP contribution in [0.25, 0.3) is 0 Å². The lowest BCUT2D eigenvalue weighted by molar-refractivity contribution is 0.363. The molecule has 1 aliphatic rings. The average molecular weight is 253 g/mol. The first-order valence-electron chi connectivity index (χ1n) is 6.53. The highest BCUT2D eigenvalue weighted by Crippen LogP contribution is 2.33. The molecule has 0 amide bonds. The van der Waals surface area contributed by atoms with Crippen LogP contribution in [0.15, 0.2) is 6.20 Å². The molecule has 2 heterocycles. The number of rotatable bonds is 3. The molecule has 4 heteroatoms. The predicted octanol–water partition coefficient (Wildman–Crippen LogP) is 3.05. The smallest absolute Gasteiger partial charge is 0.185 e. The van der Waals surface area contributed by atoms with Gasteiger partial charge >= 0.3 is 0 Å². The maximum atomic E-state index is 4.60. The largest absolute Gasteiger partial charge is 0.345 e. The lowest BCUT2D eigenvalue weighted by atomic mass is 9.93. The Hall–Kier alpha value is -0.610. The van der Waals surface area contributed by atoms with Gasteiger partial charge in [-0.05, 0) is 39.7 Å². The first-order chi connectivity index (χ1) is 8.13. The van der Waals surface area contributed by atoms with Crippen LogP contribution in [-0.2, 0) is 0 Å². The van der Waals surface area contributed by atoms with Gasteiger partial charge in [-0.15, -0.1) is 11.3 Å². The normalized spacial score (nSPS) is 27.2. The number of nitrogens with zero attached hydrogens (tertiary/aromatic N) is 2. The fraction of sp³-hybridized carbons (Fsp3) is 0.769. The van der Waals surface area contributed by atoms with Crippen molar-refractivity contribution in [2.75, 3.05) is 18.5 Å². The van der Waals surface area contributed by atoms with Gasteiger partial charge in [-0.2, -0.15) is 0 Å². The van der Waals surface area contributed by atoms with Crippen molar-refractivity contribution in [3.63, 3.8) is 0 Å². The van der Waals surface area contributed by atoms with Gasteiger partial charge in [0.2, 0.25) is 0 Å². The van der Waals surface area contributed by atoms with E-state index in [0.29, 0.717) is 12.1 Å². The molecule has 1 saturated heterocycles. The number of anilines is 1. The second-order valence-corrected chi connectivity index (χ2v) is 6.15. The second-order valence-electron chi connectivity index (χ2n) is 5.11. The van der Waals surface area contributed by atoms with E-state index in [0.717, 1.165) is 12.5 Å². The third-order valence-electron chi connectivity index (χ3n) is 3.99. The summed E-state index contributed by atoms with van der Waals surface area (Å²) in [6, 6.07) is 1.02. The van der Waals surface area contributed by atoms with E-state index in [1.165, 1.54) is 22.9 Å². The van der Waals surface area contributed by atoms with E-state index in [1.807, 2.05) is 24.6 Å². The quantitative estimate of drug-likeness (QED) is 0.897. The van der Waals surface area contributed by atoms with Gasteiger partial charge in [-0.1, -0.05) is 6.92 Å². The van der Waals surface area contributed by atoms with Crippen molar-refractivity contribution < 1.29 is 0 Å². The fourth-order valence-electron chi connectivity index (χ4n) is 2.36. The van der Waals surface area contributed by atoms with Gasteiger partial charge in [0, 0.05) is 29.7 Å². The molecule has 0 spiro atoms. The highest BCUT2D eigenvalue weighted by atomic mass is 32.1. The summed E-state index contributed by atoms with van der Waals surface area (Å²) in [7, 11) is 2.00. The van der Waals surface area contributed by atoms with E-state index in [1.54, 1.807) is 0 Å². The van der Waals surface area contributed by atoms with Crippen LogP contribution in [0.1, 0.15) is 44.5 Å². The van der Waals surface area contributed by atoms with E-state index in [2.05, 4.69) is 36.0 Å². The van der Waals surface area contributed by atoms with Gasteiger partial charge in [0.05, 0.1) is 0 Å². The first kappa shape index (κ1) is 12.8. The van der Waals surface area contributed by atoms with Gasteiger partial charge in [0.15, 0.2) is 5.13 Å². The van der Waals surface area contributed by atoms with E-state index >= 15 is 0 Å². The van der Waals surface area contributed by atoms with Crippen molar-refractivity contribution in [2.24, 2.45) is 5.92 Å². The summed E-state index contributed by atoms with van der Waals surface area (Å²) in [4.78, 5) is 8.40. The maximum absolute atomic E-state index is 4.60. The molecule has 2 rings (SSSR count). The Morgan fingerprint density at radius 3 is 3.00 bits per heavy atom. The molecule has 1 aromatic rings. The molecular formula is C13H23N3S. The molecule has 1 fully saturated rings. The van der Waals surface area contributed by atoms with Gasteiger partial charge in [-0.3, -0.25) is 0 Å². The van der Waals surface area contributed by atoms with Gasteiger partial charge in [0.1, 0.15) is 0 Å². The maximum Gasteiger partial charge on any atom is 0.185 e. The Balaban J connectivity index is 2.13. The van der Waals surface area contributed by atoms with Crippen LogP contribution in [0.3, 0.4) is 0 Å². The molecule has 3 atom stereocenters. The second kappa shape index (κ2) is 5.36. The standard InChI is InChI=1S/C13H23N3S/c1-9-6-5-7-16(11(9)3)13-15-8-12(17-13)10(2)14-4/h8-11,14H,5-7H2,1-4H3. The summed E-state index contributed by atoms with van der Waals surface area (Å²) in [5, 5.41) is 4.46. The van der Waals surface area contributed by atoms with Crippen LogP contribution in [0.4, 0.5) is 5.13 Å². The summed E-state index contributed by atoms with van der Waals surface area (Å²) in [5.74, 6) is 0.776. The minimum atomic E-state index is 0.402. The molecule has 0 saturated carbocycles. The van der Waals surface area contributed by atoms with Crippen molar-refractivity contribution in [3.8, 4) is 0 Å². The van der Waals surface area contributed by atoms with Crippen molar-refractivity contribution in [2.45, 2.75) is 45.7 Å². The fourth-order valence-corrected chi connectivity index (χ4v) is 3.45. The summed E-state index contributed by atoms with van der Waals surface area (Å²) in [6.45, 7) is 8.01. The number of piperidine rings is 1. The lowest BCUT2D eigenvalue weighted by Gasteiger charge is -2.37. The molecule has 3 nitrogen and oxygen atoms in total. The van der Waals surface area contributed by atoms with E-state index in [-0.39, 0.29) is 0 Å². The zero-order chi connectivity index (χ0) is 12.4. The summed E-state index contributed by atoms with van der Waals surface area (Å²) < 4.78 is 0. The third kappa shape index (κ3) is 2.63. The van der Waals surface area contributed by atoms with E-state index in [4.69, 9.17) is 0 Å². The topological polar surface area (TPSA) is 28.2 Å². The van der Waals surface area contributed by atoms with Crippen LogP contribution >= 0.6 is 11.3 Å². The van der Waals surface area contributed by atoms with Crippen molar-refractivity contribution in [1.29, 1.82) is 0 Å². The predicted molar refractivity (Wildman–Crippen MR) is 74.8 cm³/mol. The Kier molecular flexibility index (Phi) is 4.05. The van der Waals surface area contributed by atoms with Crippen molar-refractivity contribution >= 4 is 16.5 Å². The van der Waals surface area contributed by atoms with Crippen LogP contribution in [0.5, 0.6) is 0 Å². The number of hydrogen-bond donors (Lipinski definition) is 1. The molecule has 0 aromatic carbocycles. The molecular weight excluding hydrogens is 230 g/mol. The number of hydrogen-bond acceptors (Lipinski definition) is 4. The lowest BCUT2D eigenvalue weighted by Crippen LogP contribution is -2.42. The molecule has 1 aliphatic heterocycles. The molecule has 0 radical (unpaired) electrons. The summed E-state index contributed by atoms with van der Waals surface area (Å²) in [5.41, 5.74) is 0. The van der Waals surface area contributed by atoms with Gasteiger partial charge in [0.25, 0.3) is 0 Å². The number of thiazole rings is 1. The Labute approximate surface area is 108 Å². The molecule has 96 valence electrons. The zero-order valence-corrected chi connectivity index (χ0v) is 12.0. The van der Waals surface area contributed by atoms with Crippen LogP contribution in [-0.4, -0.2) is 24.6 Å². The van der Waals surface area contributed by atoms with Crippen LogP contribution < -0.4 is 10.2 Å². The summed E-state index contributed by atoms with van der Waals surface area (Å²) in [6.07, 6.45) is 4.66. The SMILES string of the molecule is CNC(C)c1cnc(N2CCCC(C)C2C)s1. The van der Waals surface area contributed by atoms with Gasteiger partial charge < -0.3 is 10.2 Å². The third-order valence-corrected chi connectivity index (χ3v) is 5.21. The van der Waals surface area contributed by atoms with Crippen LogP contribution in [0.2, 0.25) is 0 Å². The minimum absolute atomic E-state index is 0.402. The first-order valence-corrected chi connectivity index (χ1v) is 7.34. The number of aromatic nitrogens is 1. The summed E-state index contributed by atoms with van der Waals surface area (Å²) >= 11 is 1.83. The monoisotopic (exact) mass is 253 g/mol. The van der Waals surface area contributed by atoms with Crippen LogP contribution in [0, 0.1) is 5.92 Å². The molecule has 0 aliphatic carbocycles. The van der Waals surface area contributed by atoms with E-state index < -0.39 is 0 Å². The highest BCUT2D eigenvalue weighted by molar-refractivity contribution is 7.15. The number of nitrogens with one attached hydrogen (secondary N) is 1. The molecule has 0 bridgehead atoms. The van der Waals surface area contributed by atoms with E-state index in [9.17, 15) is 0 Å². The molecule has 1 aromatic heterocycles.